The van der Waals surface area contributed by atoms with Gasteiger partial charge in [0.2, 0.25) is 27.7 Å². The maximum absolute atomic E-state index is 13.3. The molecular weight excluding hydrogens is 626 g/mol. The van der Waals surface area contributed by atoms with Gasteiger partial charge in [0.05, 0.1) is 10.9 Å². The average molecular weight is 664 g/mol. The highest BCUT2D eigenvalue weighted by Gasteiger charge is 2.37. The fourth-order valence-electron chi connectivity index (χ4n) is 5.75. The Morgan fingerprint density at radius 2 is 1.86 bits per heavy atom. The van der Waals surface area contributed by atoms with Crippen molar-refractivity contribution in [1.82, 2.24) is 24.3 Å². The predicted octanol–water partition coefficient (Wildman–Crippen LogP) is 0.851. The molecule has 1 N–H and O–H groups in total. The molecule has 0 radical (unpaired) electrons. The number of thiophene rings is 1. The van der Waals surface area contributed by atoms with Gasteiger partial charge in [0.15, 0.2) is 9.84 Å². The van der Waals surface area contributed by atoms with Crippen LogP contribution in [0.15, 0.2) is 17.5 Å². The summed E-state index contributed by atoms with van der Waals surface area (Å²) in [7, 11) is -5.66. The first kappa shape index (κ1) is 32.9. The Kier molecular flexibility index (Phi) is 10.7. The lowest BCUT2D eigenvalue weighted by Crippen LogP contribution is -2.55. The van der Waals surface area contributed by atoms with Crippen molar-refractivity contribution in [2.24, 2.45) is 0 Å². The Labute approximate surface area is 256 Å². The summed E-state index contributed by atoms with van der Waals surface area (Å²) in [5, 5.41) is 1.02. The van der Waals surface area contributed by atoms with Crippen LogP contribution in [0.5, 0.6) is 0 Å². The number of piperidine rings is 1. The second-order valence-electron chi connectivity index (χ2n) is 11.2. The summed E-state index contributed by atoms with van der Waals surface area (Å²) in [5.74, 6) is -1.51. The topological polar surface area (TPSA) is 144 Å². The highest BCUT2D eigenvalue weighted by atomic mass is 35.5. The van der Waals surface area contributed by atoms with Crippen LogP contribution in [-0.4, -0.2) is 131 Å². The van der Waals surface area contributed by atoms with Gasteiger partial charge in [0.25, 0.3) is 0 Å². The van der Waals surface area contributed by atoms with E-state index in [1.807, 2.05) is 4.90 Å². The highest BCUT2D eigenvalue weighted by Crippen LogP contribution is 2.24. The van der Waals surface area contributed by atoms with Crippen molar-refractivity contribution in [2.75, 3.05) is 58.3 Å². The number of nitrogens with one attached hydrogen (secondary N) is 1. The fourth-order valence-corrected chi connectivity index (χ4v) is 8.47. The molecule has 4 heterocycles. The molecule has 42 heavy (non-hydrogen) atoms. The molecule has 3 aliphatic heterocycles. The van der Waals surface area contributed by atoms with Gasteiger partial charge in [-0.3, -0.25) is 19.3 Å². The first-order valence-electron chi connectivity index (χ1n) is 13.9. The number of hydrogen-bond acceptors (Lipinski definition) is 9. The largest absolute Gasteiger partial charge is 0.341 e. The first-order chi connectivity index (χ1) is 19.7. The van der Waals surface area contributed by atoms with E-state index in [9.17, 15) is 31.2 Å². The van der Waals surface area contributed by atoms with E-state index in [2.05, 4.69) is 9.62 Å². The van der Waals surface area contributed by atoms with Crippen molar-refractivity contribution in [2.45, 2.75) is 50.2 Å². The number of likely N-dealkylation sites (tertiary alicyclic amines) is 3. The zero-order valence-electron chi connectivity index (χ0n) is 23.8. The Morgan fingerprint density at radius 1 is 1.12 bits per heavy atom. The van der Waals surface area contributed by atoms with Crippen molar-refractivity contribution in [1.29, 1.82) is 0 Å². The third kappa shape index (κ3) is 8.99. The number of carbonyl (C=O) groups is 3. The quantitative estimate of drug-likeness (QED) is 0.367. The fraction of sp³-hybridized carbons (Fsp3) is 0.654. The molecule has 0 spiro atoms. The summed E-state index contributed by atoms with van der Waals surface area (Å²) in [6, 6.07) is 2.32. The third-order valence-electron chi connectivity index (χ3n) is 7.91. The predicted molar refractivity (Wildman–Crippen MR) is 162 cm³/mol. The van der Waals surface area contributed by atoms with Crippen molar-refractivity contribution in [3.05, 3.63) is 26.8 Å². The lowest BCUT2D eigenvalue weighted by Gasteiger charge is -2.34. The van der Waals surface area contributed by atoms with E-state index >= 15 is 0 Å². The molecule has 3 amide bonds. The molecule has 3 saturated heterocycles. The van der Waals surface area contributed by atoms with Gasteiger partial charge in [-0.05, 0) is 50.3 Å². The zero-order chi connectivity index (χ0) is 30.7. The molecule has 0 aromatic carbocycles. The van der Waals surface area contributed by atoms with Crippen LogP contribution in [0.3, 0.4) is 0 Å². The Morgan fingerprint density at radius 3 is 2.55 bits per heavy atom. The molecule has 4 rings (SSSR count). The van der Waals surface area contributed by atoms with Gasteiger partial charge in [0, 0.05) is 68.4 Å². The summed E-state index contributed by atoms with van der Waals surface area (Å²) in [6.07, 6.45) is 5.79. The molecule has 3 fully saturated rings. The SMILES string of the molecule is CN(C(=O)CS(C)(=O)=O)C1CCN(CC2CCCN2C(=O)CN2CCCC(NS(=O)(=O)/C=C/c3ccc(Cl)s3)C2=O)C1. The number of rotatable bonds is 11. The van der Waals surface area contributed by atoms with Gasteiger partial charge < -0.3 is 14.7 Å². The zero-order valence-corrected chi connectivity index (χ0v) is 27.0. The van der Waals surface area contributed by atoms with Gasteiger partial charge >= 0.3 is 0 Å². The van der Waals surface area contributed by atoms with Crippen LogP contribution in [0.2, 0.25) is 4.34 Å². The summed E-state index contributed by atoms with van der Waals surface area (Å²) < 4.78 is 51.3. The van der Waals surface area contributed by atoms with Crippen LogP contribution >= 0.6 is 22.9 Å². The first-order valence-corrected chi connectivity index (χ1v) is 18.7. The lowest BCUT2D eigenvalue weighted by atomic mass is 10.1. The number of likely N-dealkylation sites (N-methyl/N-ethyl adjacent to an activating group) is 1. The van der Waals surface area contributed by atoms with E-state index in [0.717, 1.165) is 37.5 Å². The Hall–Kier alpha value is -2.04. The van der Waals surface area contributed by atoms with E-state index in [1.165, 1.54) is 27.2 Å². The number of sulfonamides is 1. The third-order valence-corrected chi connectivity index (χ3v) is 11.0. The molecule has 0 aliphatic carbocycles. The minimum Gasteiger partial charge on any atom is -0.341 e. The van der Waals surface area contributed by atoms with Crippen molar-refractivity contribution in [3.63, 3.8) is 0 Å². The second kappa shape index (κ2) is 13.7. The number of halogens is 1. The summed E-state index contributed by atoms with van der Waals surface area (Å²) in [6.45, 7) is 2.83. The van der Waals surface area contributed by atoms with Crippen LogP contribution in [0.4, 0.5) is 0 Å². The molecular formula is C26H38ClN5O7S3. The van der Waals surface area contributed by atoms with Gasteiger partial charge in [-0.1, -0.05) is 11.6 Å². The van der Waals surface area contributed by atoms with Crippen LogP contribution in [0, 0.1) is 0 Å². The molecule has 3 atom stereocenters. The normalized spacial score (nSPS) is 24.2. The van der Waals surface area contributed by atoms with Gasteiger partial charge in [-0.2, -0.15) is 4.72 Å². The highest BCUT2D eigenvalue weighted by molar-refractivity contribution is 7.92. The number of hydrogen-bond donors (Lipinski definition) is 1. The molecule has 0 bridgehead atoms. The molecule has 1 aromatic heterocycles. The van der Waals surface area contributed by atoms with Crippen LogP contribution in [0.25, 0.3) is 6.08 Å². The van der Waals surface area contributed by atoms with Crippen molar-refractivity contribution >= 4 is 66.6 Å². The minimum absolute atomic E-state index is 0.0293. The van der Waals surface area contributed by atoms with Crippen molar-refractivity contribution in [3.8, 4) is 0 Å². The molecule has 16 heteroatoms. The van der Waals surface area contributed by atoms with Gasteiger partial charge in [0.1, 0.15) is 11.8 Å². The molecule has 0 saturated carbocycles. The van der Waals surface area contributed by atoms with Crippen molar-refractivity contribution < 1.29 is 31.2 Å². The van der Waals surface area contributed by atoms with E-state index in [-0.39, 0.29) is 24.5 Å². The van der Waals surface area contributed by atoms with E-state index in [0.29, 0.717) is 48.2 Å². The molecule has 234 valence electrons. The maximum atomic E-state index is 13.3. The molecule has 12 nitrogen and oxygen atoms in total. The van der Waals surface area contributed by atoms with Crippen LogP contribution in [0.1, 0.15) is 37.0 Å². The number of nitrogens with zero attached hydrogens (tertiary/aromatic N) is 4. The number of amides is 3. The Balaban J connectivity index is 1.29. The monoisotopic (exact) mass is 663 g/mol. The average Bonchev–Trinajstić information content (AvgIpc) is 3.65. The van der Waals surface area contributed by atoms with Crippen LogP contribution < -0.4 is 4.72 Å². The summed E-state index contributed by atoms with van der Waals surface area (Å²) >= 11 is 7.13. The van der Waals surface area contributed by atoms with Gasteiger partial charge in [-0.25, -0.2) is 16.8 Å². The van der Waals surface area contributed by atoms with E-state index in [4.69, 9.17) is 11.6 Å². The minimum atomic E-state index is -3.89. The smallest absolute Gasteiger partial charge is 0.242 e. The van der Waals surface area contributed by atoms with E-state index < -0.39 is 43.5 Å². The van der Waals surface area contributed by atoms with Gasteiger partial charge in [-0.15, -0.1) is 11.3 Å². The molecule has 1 aromatic rings. The standard InChI is InChI=1S/C26H38ClN5O7S3/c1-29(25(34)18-41(2,36)37)19-9-13-30(15-19)16-20-5-3-12-32(20)24(33)17-31-11-4-6-22(26(31)35)28-42(38,39)14-10-21-7-8-23(27)40-21/h7-8,10,14,19-20,22,28H,3-6,9,11-13,15-18H2,1-2H3/b14-10+. The van der Waals surface area contributed by atoms with Crippen LogP contribution in [-0.2, 0) is 34.2 Å². The number of sulfone groups is 1. The summed E-state index contributed by atoms with van der Waals surface area (Å²) in [5.41, 5.74) is 0. The molecule has 3 unspecified atom stereocenters. The van der Waals surface area contributed by atoms with E-state index in [1.54, 1.807) is 19.2 Å². The maximum Gasteiger partial charge on any atom is 0.242 e. The Bertz CT molecular complexity index is 1410. The number of carbonyl (C=O) groups excluding carboxylic acids is 3. The summed E-state index contributed by atoms with van der Waals surface area (Å²) in [4.78, 5) is 46.4. The lowest BCUT2D eigenvalue weighted by molar-refractivity contribution is -0.143. The second-order valence-corrected chi connectivity index (χ2v) is 16.7. The molecule has 3 aliphatic rings.